The molecule has 0 aromatic heterocycles. The van der Waals surface area contributed by atoms with Gasteiger partial charge in [-0.15, -0.1) is 0 Å². The molecule has 1 heterocycles. The molecule has 3 rings (SSSR count). The number of hydrogen-bond acceptors (Lipinski definition) is 3. The van der Waals surface area contributed by atoms with Crippen molar-refractivity contribution in [3.63, 3.8) is 0 Å². The van der Waals surface area contributed by atoms with Gasteiger partial charge in [-0.3, -0.25) is 14.5 Å². The molecule has 0 bridgehead atoms. The molecule has 2 aromatic carbocycles. The second-order valence-electron chi connectivity index (χ2n) is 7.20. The average Bonchev–Trinajstić information content (AvgIpc) is 2.94. The van der Waals surface area contributed by atoms with E-state index in [0.29, 0.717) is 12.1 Å². The van der Waals surface area contributed by atoms with Crippen LogP contribution < -0.4 is 0 Å². The third-order valence-corrected chi connectivity index (χ3v) is 5.50. The number of nitrogens with zero attached hydrogens (tertiary/aromatic N) is 1. The minimum absolute atomic E-state index is 0.178. The highest BCUT2D eigenvalue weighted by Gasteiger charge is 2.67. The number of carbonyl (C=O) groups is 2. The quantitative estimate of drug-likeness (QED) is 0.764. The molecule has 8 heteroatoms. The summed E-state index contributed by atoms with van der Waals surface area (Å²) in [6, 6.07) is 9.99. The lowest BCUT2D eigenvalue weighted by Gasteiger charge is -2.36. The van der Waals surface area contributed by atoms with Crippen molar-refractivity contribution in [2.24, 2.45) is 5.41 Å². The lowest BCUT2D eigenvalue weighted by atomic mass is 9.62. The highest BCUT2D eigenvalue weighted by Crippen LogP contribution is 2.51. The highest BCUT2D eigenvalue weighted by atomic mass is 19.2. The molecule has 0 spiro atoms. The molecule has 0 saturated carbocycles. The number of hydrogen-bond donors (Lipinski definition) is 2. The first-order valence-electron chi connectivity index (χ1n) is 8.50. The van der Waals surface area contributed by atoms with Crippen LogP contribution in [-0.2, 0) is 21.5 Å². The van der Waals surface area contributed by atoms with Crippen LogP contribution in [0, 0.1) is 22.9 Å². The Morgan fingerprint density at radius 1 is 0.964 bits per heavy atom. The van der Waals surface area contributed by atoms with Gasteiger partial charge in [0.05, 0.1) is 5.41 Å². The highest BCUT2D eigenvalue weighted by molar-refractivity contribution is 5.93. The van der Waals surface area contributed by atoms with Crippen molar-refractivity contribution < 1.29 is 33.0 Å². The Bertz CT molecular complexity index is 937. The molecule has 1 aliphatic heterocycles. The van der Waals surface area contributed by atoms with E-state index in [-0.39, 0.29) is 13.1 Å². The van der Waals surface area contributed by atoms with Crippen molar-refractivity contribution in [1.82, 2.24) is 4.90 Å². The first kappa shape index (κ1) is 19.9. The molecular formula is C20H18F3NO4. The molecule has 0 radical (unpaired) electrons. The second kappa shape index (κ2) is 6.94. The summed E-state index contributed by atoms with van der Waals surface area (Å²) in [7, 11) is 0. The van der Waals surface area contributed by atoms with Crippen LogP contribution >= 0.6 is 0 Å². The van der Waals surface area contributed by atoms with Gasteiger partial charge in [0.15, 0.2) is 11.6 Å². The number of carboxylic acid groups (broad SMARTS) is 2. The molecule has 28 heavy (non-hydrogen) atoms. The van der Waals surface area contributed by atoms with Crippen LogP contribution in [0.5, 0.6) is 0 Å². The van der Waals surface area contributed by atoms with Crippen LogP contribution in [-0.4, -0.2) is 40.1 Å². The van der Waals surface area contributed by atoms with Crippen molar-refractivity contribution in [3.8, 4) is 0 Å². The molecule has 148 valence electrons. The fourth-order valence-corrected chi connectivity index (χ4v) is 4.04. The summed E-state index contributed by atoms with van der Waals surface area (Å²) < 4.78 is 43.0. The van der Waals surface area contributed by atoms with Gasteiger partial charge in [-0.2, -0.15) is 0 Å². The summed E-state index contributed by atoms with van der Waals surface area (Å²) >= 11 is 0. The van der Waals surface area contributed by atoms with Crippen LogP contribution in [0.15, 0.2) is 42.5 Å². The Morgan fingerprint density at radius 2 is 1.57 bits per heavy atom. The van der Waals surface area contributed by atoms with E-state index >= 15 is 0 Å². The molecule has 0 amide bonds. The molecule has 2 N–H and O–H groups in total. The topological polar surface area (TPSA) is 77.8 Å². The number of rotatable bonds is 5. The van der Waals surface area contributed by atoms with Gasteiger partial charge < -0.3 is 10.2 Å². The van der Waals surface area contributed by atoms with E-state index in [0.717, 1.165) is 12.5 Å². The average molecular weight is 393 g/mol. The Morgan fingerprint density at radius 3 is 2.14 bits per heavy atom. The largest absolute Gasteiger partial charge is 0.481 e. The summed E-state index contributed by atoms with van der Waals surface area (Å²) in [6.07, 6.45) is 0. The Labute approximate surface area is 159 Å². The van der Waals surface area contributed by atoms with Crippen LogP contribution in [0.1, 0.15) is 18.1 Å². The minimum atomic E-state index is -2.51. The number of halogens is 3. The lowest BCUT2D eigenvalue weighted by Crippen LogP contribution is -2.54. The van der Waals surface area contributed by atoms with E-state index < -0.39 is 52.3 Å². The van der Waals surface area contributed by atoms with Gasteiger partial charge in [0.1, 0.15) is 11.2 Å². The maximum atomic E-state index is 14.6. The van der Waals surface area contributed by atoms with Crippen molar-refractivity contribution in [3.05, 3.63) is 71.0 Å². The van der Waals surface area contributed by atoms with Gasteiger partial charge in [-0.05, 0) is 24.6 Å². The monoisotopic (exact) mass is 393 g/mol. The van der Waals surface area contributed by atoms with E-state index in [4.69, 9.17) is 0 Å². The van der Waals surface area contributed by atoms with Gasteiger partial charge >= 0.3 is 11.9 Å². The predicted molar refractivity (Wildman–Crippen MR) is 93.1 cm³/mol. The maximum absolute atomic E-state index is 14.6. The fourth-order valence-electron chi connectivity index (χ4n) is 4.04. The van der Waals surface area contributed by atoms with Crippen LogP contribution in [0.2, 0.25) is 0 Å². The number of carboxylic acids is 2. The van der Waals surface area contributed by atoms with E-state index in [1.54, 1.807) is 30.3 Å². The van der Waals surface area contributed by atoms with Crippen molar-refractivity contribution >= 4 is 11.9 Å². The zero-order valence-electron chi connectivity index (χ0n) is 15.0. The molecule has 2 unspecified atom stereocenters. The summed E-state index contributed by atoms with van der Waals surface area (Å²) in [5, 5.41) is 19.8. The summed E-state index contributed by atoms with van der Waals surface area (Å²) in [6.45, 7) is 0.533. The molecule has 1 aliphatic rings. The van der Waals surface area contributed by atoms with E-state index in [1.807, 2.05) is 0 Å². The smallest absolute Gasteiger partial charge is 0.316 e. The van der Waals surface area contributed by atoms with Gasteiger partial charge in [0.25, 0.3) is 0 Å². The third kappa shape index (κ3) is 2.84. The minimum Gasteiger partial charge on any atom is -0.481 e. The molecular weight excluding hydrogens is 375 g/mol. The summed E-state index contributed by atoms with van der Waals surface area (Å²) in [5.41, 5.74) is -4.90. The number of aliphatic carboxylic acids is 2. The van der Waals surface area contributed by atoms with Gasteiger partial charge in [0, 0.05) is 25.2 Å². The SMILES string of the molecule is CC1(C(=O)O)CN(Cc2ccccc2)CC1(C(=O)O)c1c(F)ccc(F)c1F. The van der Waals surface area contributed by atoms with Crippen molar-refractivity contribution in [2.45, 2.75) is 18.9 Å². The third-order valence-electron chi connectivity index (χ3n) is 5.50. The van der Waals surface area contributed by atoms with Crippen LogP contribution in [0.4, 0.5) is 13.2 Å². The van der Waals surface area contributed by atoms with Gasteiger partial charge in [0.2, 0.25) is 0 Å². The van der Waals surface area contributed by atoms with Crippen molar-refractivity contribution in [1.29, 1.82) is 0 Å². The molecule has 0 aliphatic carbocycles. The molecule has 2 aromatic rings. The first-order valence-corrected chi connectivity index (χ1v) is 8.50. The van der Waals surface area contributed by atoms with Gasteiger partial charge in [-0.25, -0.2) is 13.2 Å². The normalized spacial score (nSPS) is 25.0. The Kier molecular flexibility index (Phi) is 4.93. The zero-order valence-corrected chi connectivity index (χ0v) is 15.0. The number of benzene rings is 2. The number of likely N-dealkylation sites (tertiary alicyclic amines) is 1. The second-order valence-corrected chi connectivity index (χ2v) is 7.20. The fraction of sp³-hybridized carbons (Fsp3) is 0.300. The van der Waals surface area contributed by atoms with Crippen molar-refractivity contribution in [2.75, 3.05) is 13.1 Å². The predicted octanol–water partition coefficient (Wildman–Crippen LogP) is 3.03. The molecule has 2 atom stereocenters. The molecule has 5 nitrogen and oxygen atoms in total. The van der Waals surface area contributed by atoms with E-state index in [1.165, 1.54) is 4.90 Å². The standard InChI is InChI=1S/C20H18F3NO4/c1-19(17(25)26)10-24(9-12-5-3-2-4-6-12)11-20(19,18(27)28)15-13(21)7-8-14(22)16(15)23/h2-8H,9-11H2,1H3,(H,25,26)(H,27,28). The Balaban J connectivity index is 2.19. The molecule has 1 fully saturated rings. The van der Waals surface area contributed by atoms with Crippen LogP contribution in [0.3, 0.4) is 0 Å². The van der Waals surface area contributed by atoms with E-state index in [9.17, 15) is 33.0 Å². The Hall–Kier alpha value is -2.87. The first-order chi connectivity index (χ1) is 13.1. The lowest BCUT2D eigenvalue weighted by molar-refractivity contribution is -0.161. The van der Waals surface area contributed by atoms with E-state index in [2.05, 4.69) is 0 Å². The maximum Gasteiger partial charge on any atom is 0.316 e. The summed E-state index contributed by atoms with van der Waals surface area (Å²) in [5.74, 6) is -7.68. The summed E-state index contributed by atoms with van der Waals surface area (Å²) in [4.78, 5) is 25.9. The zero-order chi connectivity index (χ0) is 20.7. The van der Waals surface area contributed by atoms with Crippen LogP contribution in [0.25, 0.3) is 0 Å². The van der Waals surface area contributed by atoms with Gasteiger partial charge in [-0.1, -0.05) is 30.3 Å². The molecule has 1 saturated heterocycles.